The second-order valence-electron chi connectivity index (χ2n) is 4.92. The zero-order valence-corrected chi connectivity index (χ0v) is 14.1. The average molecular weight is 410 g/mol. The third-order valence-electron chi connectivity index (χ3n) is 3.59. The molecule has 2 N–H and O–H groups in total. The monoisotopic (exact) mass is 409 g/mol. The van der Waals surface area contributed by atoms with Crippen molar-refractivity contribution in [3.63, 3.8) is 0 Å². The predicted octanol–water partition coefficient (Wildman–Crippen LogP) is 2.04. The fraction of sp³-hybridized carbons (Fsp3) is 0. The number of hydrogen-bond donors (Lipinski definition) is 2. The van der Waals surface area contributed by atoms with E-state index in [9.17, 15) is 27.4 Å². The number of fused-ring (bicyclic) bond motifs is 2. The van der Waals surface area contributed by atoms with Gasteiger partial charge in [0.1, 0.15) is 4.90 Å². The van der Waals surface area contributed by atoms with E-state index in [1.54, 1.807) is 12.1 Å². The number of anilines is 1. The maximum Gasteiger partial charge on any atom is 0.296 e. The number of benzene rings is 2. The number of halogens is 1. The summed E-state index contributed by atoms with van der Waals surface area (Å²) in [7, 11) is -4.74. The quantitative estimate of drug-likeness (QED) is 0.504. The molecule has 0 atom stereocenters. The summed E-state index contributed by atoms with van der Waals surface area (Å²) in [6, 6.07) is 7.04. The summed E-state index contributed by atoms with van der Waals surface area (Å²) >= 11 is 3.07. The number of nitrogens with one attached hydrogen (secondary N) is 1. The van der Waals surface area contributed by atoms with E-state index in [1.165, 1.54) is 12.1 Å². The molecule has 0 saturated heterocycles. The van der Waals surface area contributed by atoms with Crippen LogP contribution in [-0.4, -0.2) is 30.9 Å². The highest BCUT2D eigenvalue weighted by molar-refractivity contribution is 9.10. The van der Waals surface area contributed by atoms with Crippen LogP contribution in [0.3, 0.4) is 0 Å². The Morgan fingerprint density at radius 2 is 1.58 bits per heavy atom. The van der Waals surface area contributed by atoms with E-state index in [1.807, 2.05) is 0 Å². The lowest BCUT2D eigenvalue weighted by Crippen LogP contribution is -2.24. The van der Waals surface area contributed by atoms with Crippen LogP contribution in [0.1, 0.15) is 31.8 Å². The molecule has 1 amide bonds. The normalized spacial score (nSPS) is 13.2. The molecule has 0 spiro atoms. The maximum absolute atomic E-state index is 12.8. The number of rotatable bonds is 3. The molecule has 1 aliphatic carbocycles. The topological polar surface area (TPSA) is 118 Å². The van der Waals surface area contributed by atoms with Crippen LogP contribution in [0.2, 0.25) is 0 Å². The molecule has 0 aliphatic heterocycles. The first-order valence-corrected chi connectivity index (χ1v) is 8.73. The molecule has 1 aliphatic rings. The van der Waals surface area contributed by atoms with Crippen LogP contribution in [0.25, 0.3) is 0 Å². The number of amides is 1. The lowest BCUT2D eigenvalue weighted by molar-refractivity contribution is -0.105. The van der Waals surface area contributed by atoms with Crippen molar-refractivity contribution in [3.05, 3.63) is 57.1 Å². The molecular formula is C15H8BrNO6S. The highest BCUT2D eigenvalue weighted by Crippen LogP contribution is 2.39. The van der Waals surface area contributed by atoms with Crippen molar-refractivity contribution in [2.45, 2.75) is 4.90 Å². The Hall–Kier alpha value is -2.36. The zero-order valence-electron chi connectivity index (χ0n) is 11.7. The standard InChI is InChI=1S/C15H8BrNO6S/c16-9-5-10(24(21,22)23)13(17-6-18)12-11(9)14(19)7-3-1-2-4-8(7)15(12)20/h1-6H,(H,17,18)(H,21,22,23). The van der Waals surface area contributed by atoms with Crippen molar-refractivity contribution in [3.8, 4) is 0 Å². The van der Waals surface area contributed by atoms with Gasteiger partial charge in [0.05, 0.1) is 16.8 Å². The highest BCUT2D eigenvalue weighted by atomic mass is 79.9. The van der Waals surface area contributed by atoms with E-state index in [0.29, 0.717) is 0 Å². The van der Waals surface area contributed by atoms with Crippen LogP contribution in [0.5, 0.6) is 0 Å². The van der Waals surface area contributed by atoms with Gasteiger partial charge in [0, 0.05) is 15.6 Å². The van der Waals surface area contributed by atoms with Gasteiger partial charge in [-0.3, -0.25) is 18.9 Å². The first-order chi connectivity index (χ1) is 11.3. The lowest BCUT2D eigenvalue weighted by Gasteiger charge is -2.22. The molecule has 0 unspecified atom stereocenters. The molecule has 9 heteroatoms. The molecule has 2 aromatic rings. The van der Waals surface area contributed by atoms with Crippen molar-refractivity contribution in [1.29, 1.82) is 0 Å². The van der Waals surface area contributed by atoms with Gasteiger partial charge < -0.3 is 5.32 Å². The molecule has 0 radical (unpaired) electrons. The van der Waals surface area contributed by atoms with Gasteiger partial charge in [-0.25, -0.2) is 0 Å². The number of hydrogen-bond acceptors (Lipinski definition) is 5. The van der Waals surface area contributed by atoms with Crippen molar-refractivity contribution in [1.82, 2.24) is 0 Å². The predicted molar refractivity (Wildman–Crippen MR) is 87.0 cm³/mol. The van der Waals surface area contributed by atoms with Crippen molar-refractivity contribution < 1.29 is 27.4 Å². The molecule has 24 heavy (non-hydrogen) atoms. The van der Waals surface area contributed by atoms with E-state index in [0.717, 1.165) is 6.07 Å². The molecule has 122 valence electrons. The van der Waals surface area contributed by atoms with Crippen LogP contribution in [0.4, 0.5) is 5.69 Å². The summed E-state index contributed by atoms with van der Waals surface area (Å²) in [6.07, 6.45) is 0.163. The SMILES string of the molecule is O=CNc1c(S(=O)(=O)O)cc(Br)c2c1C(=O)c1ccccc1C2=O. The number of carbonyl (C=O) groups excluding carboxylic acids is 3. The molecule has 7 nitrogen and oxygen atoms in total. The third-order valence-corrected chi connectivity index (χ3v) is 5.10. The zero-order chi connectivity index (χ0) is 17.6. The van der Waals surface area contributed by atoms with Crippen LogP contribution in [0, 0.1) is 0 Å². The van der Waals surface area contributed by atoms with E-state index in [2.05, 4.69) is 21.2 Å². The Kier molecular flexibility index (Phi) is 3.86. The van der Waals surface area contributed by atoms with Gasteiger partial charge in [-0.15, -0.1) is 0 Å². The fourth-order valence-corrected chi connectivity index (χ4v) is 4.07. The van der Waals surface area contributed by atoms with Gasteiger partial charge >= 0.3 is 0 Å². The second-order valence-corrected chi connectivity index (χ2v) is 7.17. The smallest absolute Gasteiger partial charge is 0.296 e. The number of ketones is 2. The Balaban J connectivity index is 2.46. The maximum atomic E-state index is 12.8. The van der Waals surface area contributed by atoms with E-state index < -0.39 is 32.3 Å². The van der Waals surface area contributed by atoms with Crippen molar-refractivity contribution in [2.24, 2.45) is 0 Å². The van der Waals surface area contributed by atoms with E-state index in [-0.39, 0.29) is 33.1 Å². The minimum Gasteiger partial charge on any atom is -0.327 e. The number of carbonyl (C=O) groups is 3. The largest absolute Gasteiger partial charge is 0.327 e. The molecule has 0 fully saturated rings. The first kappa shape index (κ1) is 16.5. The summed E-state index contributed by atoms with van der Waals surface area (Å²) in [4.78, 5) is 35.6. The summed E-state index contributed by atoms with van der Waals surface area (Å²) in [6.45, 7) is 0. The molecule has 0 bridgehead atoms. The highest BCUT2D eigenvalue weighted by Gasteiger charge is 2.36. The molecule has 2 aromatic carbocycles. The van der Waals surface area contributed by atoms with Crippen molar-refractivity contribution in [2.75, 3.05) is 5.32 Å². The van der Waals surface area contributed by atoms with E-state index in [4.69, 9.17) is 0 Å². The average Bonchev–Trinajstić information content (AvgIpc) is 2.53. The van der Waals surface area contributed by atoms with Gasteiger partial charge in [-0.05, 0) is 22.0 Å². The second kappa shape index (κ2) is 5.62. The van der Waals surface area contributed by atoms with Crippen LogP contribution in [-0.2, 0) is 14.9 Å². The van der Waals surface area contributed by atoms with Gasteiger partial charge in [0.2, 0.25) is 6.41 Å². The Morgan fingerprint density at radius 3 is 2.08 bits per heavy atom. The molecule has 0 saturated carbocycles. The lowest BCUT2D eigenvalue weighted by atomic mass is 9.83. The van der Waals surface area contributed by atoms with Gasteiger partial charge in [0.15, 0.2) is 11.6 Å². The fourth-order valence-electron chi connectivity index (χ4n) is 2.63. The summed E-state index contributed by atoms with van der Waals surface area (Å²) in [5.74, 6) is -1.13. The van der Waals surface area contributed by atoms with Gasteiger partial charge in [-0.2, -0.15) is 8.42 Å². The molecule has 0 aromatic heterocycles. The summed E-state index contributed by atoms with van der Waals surface area (Å²) in [5.41, 5.74) is -0.530. The Bertz CT molecular complexity index is 1030. The Morgan fingerprint density at radius 1 is 1.04 bits per heavy atom. The van der Waals surface area contributed by atoms with Crippen LogP contribution >= 0.6 is 15.9 Å². The van der Waals surface area contributed by atoms with Crippen LogP contribution < -0.4 is 5.32 Å². The van der Waals surface area contributed by atoms with Gasteiger partial charge in [-0.1, -0.05) is 24.3 Å². The van der Waals surface area contributed by atoms with Crippen molar-refractivity contribution >= 4 is 49.7 Å². The molecular weight excluding hydrogens is 402 g/mol. The summed E-state index contributed by atoms with van der Waals surface area (Å²) in [5, 5.41) is 2.11. The van der Waals surface area contributed by atoms with Gasteiger partial charge in [0.25, 0.3) is 10.1 Å². The first-order valence-electron chi connectivity index (χ1n) is 6.50. The summed E-state index contributed by atoms with van der Waals surface area (Å²) < 4.78 is 32.6. The minimum absolute atomic E-state index is 0.0226. The van der Waals surface area contributed by atoms with Crippen LogP contribution in [0.15, 0.2) is 39.7 Å². The third kappa shape index (κ3) is 2.37. The molecule has 3 rings (SSSR count). The Labute approximate surface area is 144 Å². The van der Waals surface area contributed by atoms with E-state index >= 15 is 0 Å². The molecule has 0 heterocycles. The minimum atomic E-state index is -4.74.